The van der Waals surface area contributed by atoms with Gasteiger partial charge in [-0.05, 0) is 32.3 Å². The Kier molecular flexibility index (Phi) is 5.35. The molecular weight excluding hydrogens is 384 g/mol. The van der Waals surface area contributed by atoms with Crippen molar-refractivity contribution in [1.29, 1.82) is 0 Å². The van der Waals surface area contributed by atoms with Gasteiger partial charge in [0.1, 0.15) is 0 Å². The number of nitrogens with zero attached hydrogens (tertiary/aromatic N) is 4. The Hall–Kier alpha value is -3.49. The molecule has 3 heterocycles. The van der Waals surface area contributed by atoms with E-state index in [1.165, 1.54) is 4.52 Å². The number of carbonyl (C=O) groups excluding carboxylic acids is 2. The second-order valence-corrected chi connectivity index (χ2v) is 7.77. The lowest BCUT2D eigenvalue weighted by Crippen LogP contribution is -2.43. The van der Waals surface area contributed by atoms with Gasteiger partial charge < -0.3 is 15.2 Å². The van der Waals surface area contributed by atoms with Gasteiger partial charge in [0.15, 0.2) is 11.2 Å². The van der Waals surface area contributed by atoms with Crippen molar-refractivity contribution < 1.29 is 9.59 Å². The molecule has 4 rings (SSSR count). The fourth-order valence-corrected chi connectivity index (χ4v) is 3.84. The Morgan fingerprint density at radius 3 is 2.73 bits per heavy atom. The molecule has 0 unspecified atom stereocenters. The van der Waals surface area contributed by atoms with E-state index < -0.39 is 5.56 Å². The summed E-state index contributed by atoms with van der Waals surface area (Å²) in [4.78, 5) is 42.0. The van der Waals surface area contributed by atoms with E-state index in [1.807, 2.05) is 31.2 Å². The van der Waals surface area contributed by atoms with E-state index in [1.54, 1.807) is 18.0 Å². The lowest BCUT2D eigenvalue weighted by molar-refractivity contribution is -0.126. The molecule has 0 bridgehead atoms. The third-order valence-electron chi connectivity index (χ3n) is 5.44. The summed E-state index contributed by atoms with van der Waals surface area (Å²) in [7, 11) is 0. The van der Waals surface area contributed by atoms with Crippen LogP contribution >= 0.6 is 0 Å². The number of carbonyl (C=O) groups is 2. The summed E-state index contributed by atoms with van der Waals surface area (Å²) in [6.45, 7) is 5.12. The highest BCUT2D eigenvalue weighted by atomic mass is 16.2. The van der Waals surface area contributed by atoms with Gasteiger partial charge in [-0.2, -0.15) is 0 Å². The number of amides is 2. The number of aryl methyl sites for hydroxylation is 2. The van der Waals surface area contributed by atoms with Gasteiger partial charge in [0.25, 0.3) is 11.5 Å². The van der Waals surface area contributed by atoms with E-state index in [4.69, 9.17) is 0 Å². The number of benzene rings is 1. The second-order valence-electron chi connectivity index (χ2n) is 7.77. The van der Waals surface area contributed by atoms with Crippen LogP contribution in [0.2, 0.25) is 0 Å². The number of hydrogen-bond acceptors (Lipinski definition) is 5. The zero-order chi connectivity index (χ0) is 21.3. The maximum absolute atomic E-state index is 12.9. The number of aromatic amines is 1. The number of nitrogens with one attached hydrogen (secondary N) is 2. The molecule has 2 aromatic heterocycles. The summed E-state index contributed by atoms with van der Waals surface area (Å²) < 4.78 is 1.33. The van der Waals surface area contributed by atoms with Crippen LogP contribution in [-0.4, -0.2) is 49.6 Å². The van der Waals surface area contributed by atoms with Crippen molar-refractivity contribution in [3.8, 4) is 0 Å². The molecule has 0 atom stereocenters. The molecule has 9 nitrogen and oxygen atoms in total. The minimum absolute atomic E-state index is 0.00429. The first kappa shape index (κ1) is 19.8. The zero-order valence-electron chi connectivity index (χ0n) is 17.0. The van der Waals surface area contributed by atoms with Crippen LogP contribution < -0.4 is 10.9 Å². The van der Waals surface area contributed by atoms with Crippen LogP contribution in [0, 0.1) is 19.8 Å². The topological polar surface area (TPSA) is 112 Å². The Bertz CT molecular complexity index is 1160. The van der Waals surface area contributed by atoms with Gasteiger partial charge in [-0.1, -0.05) is 35.0 Å². The van der Waals surface area contributed by atoms with Crippen LogP contribution in [0.4, 0.5) is 0 Å². The van der Waals surface area contributed by atoms with Gasteiger partial charge in [-0.3, -0.25) is 14.4 Å². The minimum atomic E-state index is -0.395. The van der Waals surface area contributed by atoms with Crippen LogP contribution in [-0.2, 0) is 11.3 Å². The Morgan fingerprint density at radius 1 is 1.23 bits per heavy atom. The van der Waals surface area contributed by atoms with E-state index in [0.29, 0.717) is 38.2 Å². The maximum Gasteiger partial charge on any atom is 0.276 e. The Morgan fingerprint density at radius 2 is 2.00 bits per heavy atom. The van der Waals surface area contributed by atoms with Gasteiger partial charge in [0, 0.05) is 31.2 Å². The monoisotopic (exact) mass is 408 g/mol. The lowest BCUT2D eigenvalue weighted by Gasteiger charge is -2.30. The molecule has 2 N–H and O–H groups in total. The zero-order valence-corrected chi connectivity index (χ0v) is 17.0. The summed E-state index contributed by atoms with van der Waals surface area (Å²) in [6.07, 6.45) is 2.76. The number of hydrogen-bond donors (Lipinski definition) is 2. The highest BCUT2D eigenvalue weighted by Gasteiger charge is 2.30. The van der Waals surface area contributed by atoms with Crippen molar-refractivity contribution in [3.05, 3.63) is 63.3 Å². The molecule has 1 aromatic carbocycles. The van der Waals surface area contributed by atoms with Crippen molar-refractivity contribution in [1.82, 2.24) is 30.0 Å². The molecule has 0 spiro atoms. The van der Waals surface area contributed by atoms with E-state index in [0.717, 1.165) is 11.1 Å². The second kappa shape index (κ2) is 8.10. The molecule has 0 saturated carbocycles. The standard InChI is InChI=1S/C21H24N6O3/c1-13-4-3-5-15(10-13)11-22-19(28)16-6-8-26(9-7-16)21(30)17-18-20(29)23-14(2)12-27(18)25-24-17/h3-5,10,12,16H,6-9,11H2,1-2H3,(H,22,28)(H,23,29). The van der Waals surface area contributed by atoms with Crippen LogP contribution in [0.25, 0.3) is 5.52 Å². The molecular formula is C21H24N6O3. The van der Waals surface area contributed by atoms with Crippen LogP contribution in [0.15, 0.2) is 35.3 Å². The predicted octanol–water partition coefficient (Wildman–Crippen LogP) is 1.20. The molecule has 1 aliphatic heterocycles. The van der Waals surface area contributed by atoms with Gasteiger partial charge in [0.2, 0.25) is 5.91 Å². The number of piperidine rings is 1. The molecule has 0 radical (unpaired) electrons. The van der Waals surface area contributed by atoms with Gasteiger partial charge in [0.05, 0.1) is 6.20 Å². The van der Waals surface area contributed by atoms with Crippen molar-refractivity contribution in [2.75, 3.05) is 13.1 Å². The fourth-order valence-electron chi connectivity index (χ4n) is 3.84. The highest BCUT2D eigenvalue weighted by molar-refractivity contribution is 5.98. The molecule has 1 fully saturated rings. The Balaban J connectivity index is 1.37. The average Bonchev–Trinajstić information content (AvgIpc) is 3.16. The van der Waals surface area contributed by atoms with E-state index in [-0.39, 0.29) is 28.9 Å². The third-order valence-corrected chi connectivity index (χ3v) is 5.44. The summed E-state index contributed by atoms with van der Waals surface area (Å²) in [5.74, 6) is -0.468. The molecule has 156 valence electrons. The number of fused-ring (bicyclic) bond motifs is 1. The van der Waals surface area contributed by atoms with Crippen molar-refractivity contribution in [3.63, 3.8) is 0 Å². The number of aromatic nitrogens is 4. The quantitative estimate of drug-likeness (QED) is 0.674. The smallest absolute Gasteiger partial charge is 0.276 e. The summed E-state index contributed by atoms with van der Waals surface area (Å²) in [5, 5.41) is 10.8. The van der Waals surface area contributed by atoms with E-state index in [2.05, 4.69) is 20.6 Å². The summed E-state index contributed by atoms with van der Waals surface area (Å²) in [5.41, 5.74) is 2.64. The van der Waals surface area contributed by atoms with Crippen molar-refractivity contribution >= 4 is 17.3 Å². The number of likely N-dealkylation sites (tertiary alicyclic amines) is 1. The van der Waals surface area contributed by atoms with Gasteiger partial charge >= 0.3 is 0 Å². The highest BCUT2D eigenvalue weighted by Crippen LogP contribution is 2.20. The first-order valence-electron chi connectivity index (χ1n) is 10.00. The molecule has 2 amide bonds. The van der Waals surface area contributed by atoms with E-state index >= 15 is 0 Å². The summed E-state index contributed by atoms with van der Waals surface area (Å²) in [6, 6.07) is 8.03. The summed E-state index contributed by atoms with van der Waals surface area (Å²) >= 11 is 0. The van der Waals surface area contributed by atoms with Crippen molar-refractivity contribution in [2.24, 2.45) is 5.92 Å². The molecule has 0 aliphatic carbocycles. The van der Waals surface area contributed by atoms with Gasteiger partial charge in [-0.15, -0.1) is 5.10 Å². The minimum Gasteiger partial charge on any atom is -0.352 e. The largest absolute Gasteiger partial charge is 0.352 e. The fraction of sp³-hybridized carbons (Fsp3) is 0.381. The third kappa shape index (κ3) is 3.96. The van der Waals surface area contributed by atoms with Crippen LogP contribution in [0.3, 0.4) is 0 Å². The van der Waals surface area contributed by atoms with E-state index in [9.17, 15) is 14.4 Å². The molecule has 1 saturated heterocycles. The van der Waals surface area contributed by atoms with Crippen molar-refractivity contribution in [2.45, 2.75) is 33.2 Å². The number of rotatable bonds is 4. The van der Waals surface area contributed by atoms with Gasteiger partial charge in [-0.25, -0.2) is 4.52 Å². The molecule has 3 aromatic rings. The normalized spacial score (nSPS) is 14.8. The average molecular weight is 408 g/mol. The Labute approximate surface area is 173 Å². The molecule has 1 aliphatic rings. The first-order chi connectivity index (χ1) is 14.4. The maximum atomic E-state index is 12.9. The molecule has 9 heteroatoms. The molecule has 30 heavy (non-hydrogen) atoms. The SMILES string of the molecule is Cc1cccc(CNC(=O)C2CCN(C(=O)c3nnn4cc(C)[nH]c(=O)c34)CC2)c1. The lowest BCUT2D eigenvalue weighted by atomic mass is 9.95. The predicted molar refractivity (Wildman–Crippen MR) is 110 cm³/mol. The number of H-pyrrole nitrogens is 1. The first-order valence-corrected chi connectivity index (χ1v) is 10.00. The van der Waals surface area contributed by atoms with Crippen LogP contribution in [0.1, 0.15) is 40.2 Å². The van der Waals surface area contributed by atoms with Crippen LogP contribution in [0.5, 0.6) is 0 Å².